The fourth-order valence-corrected chi connectivity index (χ4v) is 2.81. The van der Waals surface area contributed by atoms with Crippen molar-refractivity contribution in [2.24, 2.45) is 5.14 Å². The van der Waals surface area contributed by atoms with Crippen molar-refractivity contribution >= 4 is 43.0 Å². The second-order valence-electron chi connectivity index (χ2n) is 4.50. The molecule has 0 amide bonds. The van der Waals surface area contributed by atoms with Crippen LogP contribution in [0.5, 0.6) is 0 Å². The SMILES string of the molecule is Cc1cc(F)c(Br)cc1Nc1ccc(S(N)(=O)=O)c(N)c1. The van der Waals surface area contributed by atoms with E-state index in [0.29, 0.717) is 21.4 Å². The molecule has 2 aromatic carbocycles. The van der Waals surface area contributed by atoms with E-state index in [1.807, 2.05) is 0 Å². The van der Waals surface area contributed by atoms with Gasteiger partial charge in [-0.25, -0.2) is 17.9 Å². The first-order chi connectivity index (χ1) is 9.68. The molecular formula is C13H13BrFN3O2S. The maximum Gasteiger partial charge on any atom is 0.240 e. The van der Waals surface area contributed by atoms with Crippen molar-refractivity contribution in [2.45, 2.75) is 11.8 Å². The third-order valence-electron chi connectivity index (χ3n) is 2.86. The van der Waals surface area contributed by atoms with E-state index < -0.39 is 10.0 Å². The zero-order valence-corrected chi connectivity index (χ0v) is 13.4. The highest BCUT2D eigenvalue weighted by molar-refractivity contribution is 9.10. The third kappa shape index (κ3) is 3.52. The van der Waals surface area contributed by atoms with Gasteiger partial charge in [0, 0.05) is 11.4 Å². The Hall–Kier alpha value is -1.64. The summed E-state index contributed by atoms with van der Waals surface area (Å²) in [6.07, 6.45) is 0. The maximum atomic E-state index is 13.4. The molecule has 0 radical (unpaired) electrons. The standard InChI is InChI=1S/C13H13BrFN3O2S/c1-7-4-10(15)9(14)6-12(7)18-8-2-3-13(11(16)5-8)21(17,19)20/h2-6,18H,16H2,1H3,(H2,17,19,20). The van der Waals surface area contributed by atoms with Crippen molar-refractivity contribution in [3.05, 3.63) is 46.2 Å². The molecule has 0 aliphatic carbocycles. The van der Waals surface area contributed by atoms with Crippen LogP contribution in [0.4, 0.5) is 21.5 Å². The van der Waals surface area contributed by atoms with E-state index in [-0.39, 0.29) is 16.4 Å². The van der Waals surface area contributed by atoms with Crippen molar-refractivity contribution in [1.29, 1.82) is 0 Å². The van der Waals surface area contributed by atoms with Gasteiger partial charge in [-0.15, -0.1) is 0 Å². The molecule has 0 aliphatic rings. The van der Waals surface area contributed by atoms with Gasteiger partial charge < -0.3 is 11.1 Å². The minimum absolute atomic E-state index is 0.0429. The number of sulfonamides is 1. The Morgan fingerprint density at radius 1 is 1.24 bits per heavy atom. The normalized spacial score (nSPS) is 11.4. The van der Waals surface area contributed by atoms with Crippen molar-refractivity contribution in [1.82, 2.24) is 0 Å². The van der Waals surface area contributed by atoms with E-state index in [2.05, 4.69) is 21.2 Å². The average Bonchev–Trinajstić information content (AvgIpc) is 2.34. The van der Waals surface area contributed by atoms with Crippen molar-refractivity contribution < 1.29 is 12.8 Å². The topological polar surface area (TPSA) is 98.2 Å². The molecule has 0 heterocycles. The molecule has 5 nitrogen and oxygen atoms in total. The Labute approximate surface area is 130 Å². The molecule has 0 aliphatic heterocycles. The van der Waals surface area contributed by atoms with Crippen LogP contribution in [0.3, 0.4) is 0 Å². The van der Waals surface area contributed by atoms with Crippen molar-refractivity contribution in [2.75, 3.05) is 11.1 Å². The lowest BCUT2D eigenvalue weighted by molar-refractivity contribution is 0.598. The number of nitrogen functional groups attached to an aromatic ring is 1. The number of primary sulfonamides is 1. The van der Waals surface area contributed by atoms with Crippen LogP contribution in [0.25, 0.3) is 0 Å². The fraction of sp³-hybridized carbons (Fsp3) is 0.0769. The maximum absolute atomic E-state index is 13.4. The molecule has 21 heavy (non-hydrogen) atoms. The molecule has 0 unspecified atom stereocenters. The van der Waals surface area contributed by atoms with Crippen LogP contribution < -0.4 is 16.2 Å². The summed E-state index contributed by atoms with van der Waals surface area (Å²) in [7, 11) is -3.85. The summed E-state index contributed by atoms with van der Waals surface area (Å²) in [4.78, 5) is -0.134. The summed E-state index contributed by atoms with van der Waals surface area (Å²) in [6, 6.07) is 7.28. The van der Waals surface area contributed by atoms with E-state index in [0.717, 1.165) is 0 Å². The highest BCUT2D eigenvalue weighted by Gasteiger charge is 2.13. The number of anilines is 3. The van der Waals surface area contributed by atoms with E-state index in [1.165, 1.54) is 24.3 Å². The minimum Gasteiger partial charge on any atom is -0.398 e. The number of benzene rings is 2. The van der Waals surface area contributed by atoms with E-state index in [9.17, 15) is 12.8 Å². The molecule has 0 atom stereocenters. The number of halogens is 2. The highest BCUT2D eigenvalue weighted by Crippen LogP contribution is 2.29. The van der Waals surface area contributed by atoms with Gasteiger partial charge in [0.15, 0.2) is 0 Å². The molecule has 0 aromatic heterocycles. The summed E-state index contributed by atoms with van der Waals surface area (Å²) in [5.74, 6) is -0.359. The number of hydrogen-bond donors (Lipinski definition) is 3. The predicted octanol–water partition coefficient (Wildman–Crippen LogP) is 2.87. The van der Waals surface area contributed by atoms with Crippen LogP contribution in [0.15, 0.2) is 39.7 Å². The van der Waals surface area contributed by atoms with Crippen LogP contribution in [-0.4, -0.2) is 8.42 Å². The van der Waals surface area contributed by atoms with Gasteiger partial charge in [-0.2, -0.15) is 0 Å². The number of nitrogens with one attached hydrogen (secondary N) is 1. The predicted molar refractivity (Wildman–Crippen MR) is 84.3 cm³/mol. The zero-order valence-electron chi connectivity index (χ0n) is 11.0. The van der Waals surface area contributed by atoms with Gasteiger partial charge in [0.2, 0.25) is 10.0 Å². The second-order valence-corrected chi connectivity index (χ2v) is 6.89. The van der Waals surface area contributed by atoms with Crippen molar-refractivity contribution in [3.8, 4) is 0 Å². The van der Waals surface area contributed by atoms with Crippen LogP contribution in [0.1, 0.15) is 5.56 Å². The Morgan fingerprint density at radius 3 is 2.48 bits per heavy atom. The van der Waals surface area contributed by atoms with Crippen LogP contribution in [0, 0.1) is 12.7 Å². The first-order valence-electron chi connectivity index (χ1n) is 5.83. The molecule has 5 N–H and O–H groups in total. The molecule has 0 saturated heterocycles. The van der Waals surface area contributed by atoms with Gasteiger partial charge >= 0.3 is 0 Å². The van der Waals surface area contributed by atoms with Gasteiger partial charge in [-0.1, -0.05) is 0 Å². The Bertz CT molecular complexity index is 809. The smallest absolute Gasteiger partial charge is 0.240 e. The Morgan fingerprint density at radius 2 is 1.90 bits per heavy atom. The molecule has 0 fully saturated rings. The average molecular weight is 374 g/mol. The summed E-state index contributed by atoms with van der Waals surface area (Å²) in [6.45, 7) is 1.75. The summed E-state index contributed by atoms with van der Waals surface area (Å²) >= 11 is 3.11. The quantitative estimate of drug-likeness (QED) is 0.720. The van der Waals surface area contributed by atoms with Crippen LogP contribution in [0.2, 0.25) is 0 Å². The molecule has 2 rings (SSSR count). The second kappa shape index (κ2) is 5.63. The van der Waals surface area contributed by atoms with Gasteiger partial charge in [-0.05, 0) is 58.7 Å². The largest absolute Gasteiger partial charge is 0.398 e. The Balaban J connectivity index is 2.38. The van der Waals surface area contributed by atoms with Crippen LogP contribution >= 0.6 is 15.9 Å². The van der Waals surface area contributed by atoms with Gasteiger partial charge in [0.05, 0.1) is 10.2 Å². The number of aryl methyl sites for hydroxylation is 1. The first-order valence-corrected chi connectivity index (χ1v) is 8.17. The van der Waals surface area contributed by atoms with Gasteiger partial charge in [-0.3, -0.25) is 0 Å². The molecule has 0 bridgehead atoms. The third-order valence-corrected chi connectivity index (χ3v) is 4.46. The lowest BCUT2D eigenvalue weighted by Gasteiger charge is -2.12. The zero-order chi connectivity index (χ0) is 15.8. The van der Waals surface area contributed by atoms with Crippen molar-refractivity contribution in [3.63, 3.8) is 0 Å². The van der Waals surface area contributed by atoms with E-state index >= 15 is 0 Å². The number of nitrogens with two attached hydrogens (primary N) is 2. The molecule has 8 heteroatoms. The fourth-order valence-electron chi connectivity index (χ4n) is 1.82. The Kier molecular flexibility index (Phi) is 4.22. The number of rotatable bonds is 3. The first kappa shape index (κ1) is 15.7. The monoisotopic (exact) mass is 373 g/mol. The molecular weight excluding hydrogens is 361 g/mol. The van der Waals surface area contributed by atoms with E-state index in [1.54, 1.807) is 13.0 Å². The summed E-state index contributed by atoms with van der Waals surface area (Å²) < 4.78 is 36.3. The molecule has 0 spiro atoms. The molecule has 112 valence electrons. The summed E-state index contributed by atoms with van der Waals surface area (Å²) in [5, 5.41) is 8.09. The molecule has 0 saturated carbocycles. The highest BCUT2D eigenvalue weighted by atomic mass is 79.9. The minimum atomic E-state index is -3.85. The van der Waals surface area contributed by atoms with E-state index in [4.69, 9.17) is 10.9 Å². The van der Waals surface area contributed by atoms with Gasteiger partial charge in [0.25, 0.3) is 0 Å². The number of hydrogen-bond acceptors (Lipinski definition) is 4. The van der Waals surface area contributed by atoms with Gasteiger partial charge in [0.1, 0.15) is 10.7 Å². The summed E-state index contributed by atoms with van der Waals surface area (Å²) in [5.41, 5.74) is 7.67. The lowest BCUT2D eigenvalue weighted by Crippen LogP contribution is -2.14. The lowest BCUT2D eigenvalue weighted by atomic mass is 10.2. The molecule has 2 aromatic rings. The van der Waals surface area contributed by atoms with Crippen LogP contribution in [-0.2, 0) is 10.0 Å².